The number of nitrogens with one attached hydrogen (secondary N) is 1. The van der Waals surface area contributed by atoms with Gasteiger partial charge in [0, 0.05) is 23.1 Å². The summed E-state index contributed by atoms with van der Waals surface area (Å²) < 4.78 is 5.83. The number of carbonyl (C=O) groups excluding carboxylic acids is 3. The molecule has 1 aliphatic rings. The van der Waals surface area contributed by atoms with Crippen molar-refractivity contribution in [3.05, 3.63) is 56.5 Å². The van der Waals surface area contributed by atoms with Gasteiger partial charge in [-0.1, -0.05) is 35.3 Å². The Balaban J connectivity index is 1.56. The first-order valence-electron chi connectivity index (χ1n) is 8.73. The molecule has 1 heterocycles. The van der Waals surface area contributed by atoms with Crippen molar-refractivity contribution in [1.82, 2.24) is 0 Å². The highest BCUT2D eigenvalue weighted by Gasteiger charge is 2.37. The number of aryl methyl sites for hydroxylation is 1. The van der Waals surface area contributed by atoms with Crippen molar-refractivity contribution in [1.29, 1.82) is 0 Å². The van der Waals surface area contributed by atoms with Gasteiger partial charge in [0.05, 0.1) is 21.7 Å². The molecule has 29 heavy (non-hydrogen) atoms. The summed E-state index contributed by atoms with van der Waals surface area (Å²) in [6, 6.07) is 10.3. The lowest BCUT2D eigenvalue weighted by Crippen LogP contribution is -2.28. The van der Waals surface area contributed by atoms with Crippen molar-refractivity contribution in [3.63, 3.8) is 0 Å². The first-order chi connectivity index (χ1) is 13.8. The minimum Gasteiger partial charge on any atom is -0.455 e. The van der Waals surface area contributed by atoms with Crippen LogP contribution in [0.5, 0.6) is 0 Å². The molecular formula is C20H17BrCl2N2O4. The van der Waals surface area contributed by atoms with Gasteiger partial charge in [0.15, 0.2) is 6.61 Å². The Morgan fingerprint density at radius 1 is 1.24 bits per heavy atom. The van der Waals surface area contributed by atoms with Crippen molar-refractivity contribution in [2.24, 2.45) is 5.92 Å². The molecule has 0 spiro atoms. The summed E-state index contributed by atoms with van der Waals surface area (Å²) in [5, 5.41) is 3.54. The maximum Gasteiger partial charge on any atom is 0.311 e. The molecule has 2 aromatic carbocycles. The van der Waals surface area contributed by atoms with Crippen molar-refractivity contribution >= 4 is 68.3 Å². The number of ether oxygens (including phenoxy) is 1. The molecule has 0 aromatic heterocycles. The van der Waals surface area contributed by atoms with Gasteiger partial charge in [0.2, 0.25) is 5.91 Å². The van der Waals surface area contributed by atoms with Crippen LogP contribution in [0.2, 0.25) is 10.0 Å². The molecule has 9 heteroatoms. The Hall–Kier alpha value is -2.09. The van der Waals surface area contributed by atoms with Gasteiger partial charge in [-0.25, -0.2) is 0 Å². The molecule has 2 aromatic rings. The summed E-state index contributed by atoms with van der Waals surface area (Å²) >= 11 is 15.5. The average molecular weight is 500 g/mol. The number of halogens is 3. The van der Waals surface area contributed by atoms with Crippen molar-refractivity contribution in [2.45, 2.75) is 13.3 Å². The molecule has 6 nitrogen and oxygen atoms in total. The maximum atomic E-state index is 12.3. The van der Waals surface area contributed by atoms with E-state index in [1.54, 1.807) is 36.4 Å². The number of hydrogen-bond donors (Lipinski definition) is 1. The van der Waals surface area contributed by atoms with E-state index in [1.165, 1.54) is 4.90 Å². The Bertz CT molecular complexity index is 983. The van der Waals surface area contributed by atoms with E-state index in [2.05, 4.69) is 21.2 Å². The predicted molar refractivity (Wildman–Crippen MR) is 115 cm³/mol. The third kappa shape index (κ3) is 5.10. The number of rotatable bonds is 5. The number of hydrogen-bond acceptors (Lipinski definition) is 4. The molecule has 0 bridgehead atoms. The summed E-state index contributed by atoms with van der Waals surface area (Å²) in [6.07, 6.45) is 0.00705. The van der Waals surface area contributed by atoms with E-state index < -0.39 is 24.4 Å². The quantitative estimate of drug-likeness (QED) is 0.610. The van der Waals surface area contributed by atoms with Crippen molar-refractivity contribution < 1.29 is 19.1 Å². The number of benzene rings is 2. The number of nitrogens with zero attached hydrogens (tertiary/aromatic N) is 1. The summed E-state index contributed by atoms with van der Waals surface area (Å²) in [7, 11) is 0. The lowest BCUT2D eigenvalue weighted by Gasteiger charge is -2.17. The van der Waals surface area contributed by atoms with Crippen LogP contribution >= 0.6 is 39.1 Å². The topological polar surface area (TPSA) is 75.7 Å². The number of esters is 1. The SMILES string of the molecule is Cc1cc(Br)c(Cl)cc1NC(=O)COC(=O)[C@H]1CC(=O)N(c2ccccc2Cl)C1. The second-order valence-electron chi connectivity index (χ2n) is 6.59. The molecule has 1 saturated heterocycles. The van der Waals surface area contributed by atoms with E-state index >= 15 is 0 Å². The fraction of sp³-hybridized carbons (Fsp3) is 0.250. The highest BCUT2D eigenvalue weighted by atomic mass is 79.9. The van der Waals surface area contributed by atoms with E-state index in [4.69, 9.17) is 27.9 Å². The van der Waals surface area contributed by atoms with Crippen LogP contribution in [0.25, 0.3) is 0 Å². The van der Waals surface area contributed by atoms with Crippen molar-refractivity contribution in [3.8, 4) is 0 Å². The largest absolute Gasteiger partial charge is 0.455 e. The molecule has 3 rings (SSSR count). The minimum absolute atomic E-state index is 0.00705. The summed E-state index contributed by atoms with van der Waals surface area (Å²) in [5.41, 5.74) is 1.88. The second kappa shape index (κ2) is 9.15. The summed E-state index contributed by atoms with van der Waals surface area (Å²) in [4.78, 5) is 38.2. The lowest BCUT2D eigenvalue weighted by atomic mass is 10.1. The molecule has 1 atom stereocenters. The lowest BCUT2D eigenvalue weighted by molar-refractivity contribution is -0.151. The zero-order valence-electron chi connectivity index (χ0n) is 15.4. The van der Waals surface area contributed by atoms with Gasteiger partial charge in [-0.15, -0.1) is 0 Å². The van der Waals surface area contributed by atoms with Gasteiger partial charge in [-0.3, -0.25) is 14.4 Å². The van der Waals surface area contributed by atoms with Crippen LogP contribution in [-0.2, 0) is 19.1 Å². The number of para-hydroxylation sites is 1. The monoisotopic (exact) mass is 498 g/mol. The van der Waals surface area contributed by atoms with E-state index in [-0.39, 0.29) is 18.9 Å². The third-order valence-electron chi connectivity index (χ3n) is 4.49. The van der Waals surface area contributed by atoms with Crippen LogP contribution in [0.15, 0.2) is 40.9 Å². The molecule has 0 saturated carbocycles. The summed E-state index contributed by atoms with van der Waals surface area (Å²) in [5.74, 6) is -1.97. The Labute approximate surface area is 186 Å². The normalized spacial score (nSPS) is 16.1. The van der Waals surface area contributed by atoms with E-state index in [0.717, 1.165) is 10.0 Å². The molecule has 0 unspecified atom stereocenters. The maximum absolute atomic E-state index is 12.3. The molecule has 2 amide bonds. The molecule has 0 aliphatic carbocycles. The van der Waals surface area contributed by atoms with Gasteiger partial charge in [-0.2, -0.15) is 0 Å². The van der Waals surface area contributed by atoms with Crippen LogP contribution in [0.3, 0.4) is 0 Å². The van der Waals surface area contributed by atoms with E-state index in [0.29, 0.717) is 21.4 Å². The van der Waals surface area contributed by atoms with Crippen LogP contribution in [0.4, 0.5) is 11.4 Å². The van der Waals surface area contributed by atoms with Crippen molar-refractivity contribution in [2.75, 3.05) is 23.4 Å². The Kier molecular flexibility index (Phi) is 6.82. The summed E-state index contributed by atoms with van der Waals surface area (Å²) in [6.45, 7) is 1.52. The Morgan fingerprint density at radius 3 is 2.69 bits per heavy atom. The van der Waals surface area contributed by atoms with Crippen LogP contribution < -0.4 is 10.2 Å². The van der Waals surface area contributed by atoms with Crippen LogP contribution in [-0.4, -0.2) is 30.9 Å². The standard InChI is InChI=1S/C20H17BrCl2N2O4/c1-11-6-13(21)15(23)8-16(11)24-18(26)10-29-20(28)12-7-19(27)25(9-12)17-5-3-2-4-14(17)22/h2-6,8,12H,7,9-10H2,1H3,(H,24,26)/t12-/m0/s1. The van der Waals surface area contributed by atoms with Crippen LogP contribution in [0.1, 0.15) is 12.0 Å². The van der Waals surface area contributed by atoms with E-state index in [9.17, 15) is 14.4 Å². The molecule has 1 fully saturated rings. The minimum atomic E-state index is -0.657. The Morgan fingerprint density at radius 2 is 1.97 bits per heavy atom. The second-order valence-corrected chi connectivity index (χ2v) is 8.26. The van der Waals surface area contributed by atoms with Gasteiger partial charge in [0.1, 0.15) is 0 Å². The number of anilines is 2. The first-order valence-corrected chi connectivity index (χ1v) is 10.3. The zero-order chi connectivity index (χ0) is 21.1. The number of amides is 2. The van der Waals surface area contributed by atoms with Gasteiger partial charge < -0.3 is 15.0 Å². The third-order valence-corrected chi connectivity index (χ3v) is 6.01. The molecule has 152 valence electrons. The molecule has 1 N–H and O–H groups in total. The molecular weight excluding hydrogens is 483 g/mol. The average Bonchev–Trinajstić information content (AvgIpc) is 3.06. The number of carbonyl (C=O) groups is 3. The predicted octanol–water partition coefficient (Wildman–Crippen LogP) is 4.60. The van der Waals surface area contributed by atoms with Gasteiger partial charge >= 0.3 is 5.97 Å². The highest BCUT2D eigenvalue weighted by molar-refractivity contribution is 9.10. The van der Waals surface area contributed by atoms with E-state index in [1.807, 2.05) is 6.92 Å². The van der Waals surface area contributed by atoms with Crippen LogP contribution in [0, 0.1) is 12.8 Å². The fourth-order valence-corrected chi connectivity index (χ4v) is 3.85. The first kappa shape index (κ1) is 21.6. The smallest absolute Gasteiger partial charge is 0.311 e. The zero-order valence-corrected chi connectivity index (χ0v) is 18.5. The molecule has 0 radical (unpaired) electrons. The highest BCUT2D eigenvalue weighted by Crippen LogP contribution is 2.31. The van der Waals surface area contributed by atoms with Gasteiger partial charge in [0.25, 0.3) is 5.91 Å². The molecule has 1 aliphatic heterocycles. The fourth-order valence-electron chi connectivity index (χ4n) is 2.99. The van der Waals surface area contributed by atoms with Gasteiger partial charge in [-0.05, 0) is 52.7 Å².